The van der Waals surface area contributed by atoms with Gasteiger partial charge in [0.05, 0.1) is 23.8 Å². The van der Waals surface area contributed by atoms with Crippen LogP contribution in [0.15, 0.2) is 72.1 Å². The maximum Gasteiger partial charge on any atom is 0.251 e. The van der Waals surface area contributed by atoms with Crippen LogP contribution in [-0.2, 0) is 12.3 Å². The van der Waals surface area contributed by atoms with Crippen LogP contribution < -0.4 is 5.32 Å². The zero-order valence-corrected chi connectivity index (χ0v) is 18.9. The van der Waals surface area contributed by atoms with Crippen LogP contribution in [0.25, 0.3) is 11.0 Å². The lowest BCUT2D eigenvalue weighted by Gasteiger charge is -2.12. The quantitative estimate of drug-likeness (QED) is 0.365. The van der Waals surface area contributed by atoms with Crippen LogP contribution in [0.3, 0.4) is 0 Å². The highest BCUT2D eigenvalue weighted by molar-refractivity contribution is 7.98. The zero-order valence-electron chi connectivity index (χ0n) is 18.1. The molecule has 1 unspecified atom stereocenters. The smallest absolute Gasteiger partial charge is 0.251 e. The van der Waals surface area contributed by atoms with Crippen LogP contribution >= 0.6 is 11.8 Å². The summed E-state index contributed by atoms with van der Waals surface area (Å²) in [6, 6.07) is 16.4. The fourth-order valence-corrected chi connectivity index (χ4v) is 4.29. The molecule has 0 fully saturated rings. The van der Waals surface area contributed by atoms with Gasteiger partial charge in [0, 0.05) is 29.1 Å². The first-order valence-electron chi connectivity index (χ1n) is 10.6. The van der Waals surface area contributed by atoms with Crippen molar-refractivity contribution in [3.05, 3.63) is 89.5 Å². The summed E-state index contributed by atoms with van der Waals surface area (Å²) in [6.07, 6.45) is 4.36. The molecule has 0 aliphatic rings. The Balaban J connectivity index is 1.52. The van der Waals surface area contributed by atoms with Crippen molar-refractivity contribution < 1.29 is 9.18 Å². The van der Waals surface area contributed by atoms with E-state index in [1.54, 1.807) is 36.3 Å². The fourth-order valence-electron chi connectivity index (χ4n) is 3.32. The van der Waals surface area contributed by atoms with Gasteiger partial charge in [0.2, 0.25) is 0 Å². The fraction of sp³-hybridized carbons (Fsp3) is 0.240. The molecule has 164 valence electrons. The molecule has 0 aliphatic heterocycles. The summed E-state index contributed by atoms with van der Waals surface area (Å²) < 4.78 is 16.3. The Hall–Kier alpha value is -3.19. The number of hydrogen-bond acceptors (Lipinski definition) is 4. The van der Waals surface area contributed by atoms with Crippen LogP contribution in [0.4, 0.5) is 4.39 Å². The number of thioether (sulfide) groups is 1. The average molecular weight is 449 g/mol. The van der Waals surface area contributed by atoms with Gasteiger partial charge in [-0.15, -0.1) is 0 Å². The maximum absolute atomic E-state index is 14.3. The third-order valence-electron chi connectivity index (χ3n) is 5.38. The molecule has 0 saturated carbocycles. The third-order valence-corrected chi connectivity index (χ3v) is 6.42. The Morgan fingerprint density at radius 2 is 1.94 bits per heavy atom. The number of aromatic nitrogens is 3. The Kier molecular flexibility index (Phi) is 6.85. The second-order valence-electron chi connectivity index (χ2n) is 7.70. The molecule has 0 radical (unpaired) electrons. The van der Waals surface area contributed by atoms with Crippen LogP contribution in [0.2, 0.25) is 0 Å². The largest absolute Gasteiger partial charge is 0.350 e. The highest BCUT2D eigenvalue weighted by atomic mass is 32.2. The molecule has 1 N–H and O–H groups in total. The summed E-state index contributed by atoms with van der Waals surface area (Å²) in [4.78, 5) is 21.2. The van der Waals surface area contributed by atoms with E-state index in [1.807, 2.05) is 54.8 Å². The minimum absolute atomic E-state index is 0.0577. The van der Waals surface area contributed by atoms with Crippen molar-refractivity contribution in [3.8, 4) is 0 Å². The third kappa shape index (κ3) is 4.99. The second-order valence-corrected chi connectivity index (χ2v) is 8.65. The summed E-state index contributed by atoms with van der Waals surface area (Å²) >= 11 is 1.58. The molecule has 0 spiro atoms. The number of amides is 1. The predicted octanol–water partition coefficient (Wildman–Crippen LogP) is 5.44. The summed E-state index contributed by atoms with van der Waals surface area (Å²) in [5.41, 5.74) is 4.04. The minimum atomic E-state index is -0.236. The number of rotatable bonds is 8. The summed E-state index contributed by atoms with van der Waals surface area (Å²) in [6.45, 7) is 4.42. The predicted molar refractivity (Wildman–Crippen MR) is 126 cm³/mol. The van der Waals surface area contributed by atoms with Crippen LogP contribution in [0.1, 0.15) is 41.8 Å². The van der Waals surface area contributed by atoms with E-state index < -0.39 is 0 Å². The molecule has 0 saturated heterocycles. The molecule has 2 aromatic heterocycles. The number of nitrogens with one attached hydrogen (secondary N) is 1. The monoisotopic (exact) mass is 448 g/mol. The van der Waals surface area contributed by atoms with E-state index >= 15 is 0 Å². The van der Waals surface area contributed by atoms with Crippen molar-refractivity contribution in [3.63, 3.8) is 0 Å². The molecule has 1 amide bonds. The van der Waals surface area contributed by atoms with Gasteiger partial charge < -0.3 is 9.88 Å². The van der Waals surface area contributed by atoms with Gasteiger partial charge in [-0.1, -0.05) is 49.0 Å². The van der Waals surface area contributed by atoms with E-state index in [4.69, 9.17) is 4.98 Å². The van der Waals surface area contributed by atoms with Crippen LogP contribution in [-0.4, -0.2) is 26.5 Å². The van der Waals surface area contributed by atoms with Gasteiger partial charge in [0.25, 0.3) is 5.91 Å². The average Bonchev–Trinajstić information content (AvgIpc) is 3.16. The first-order chi connectivity index (χ1) is 15.5. The molecular formula is C25H25FN4OS. The van der Waals surface area contributed by atoms with Crippen molar-refractivity contribution in [2.75, 3.05) is 0 Å². The number of halogens is 1. The van der Waals surface area contributed by atoms with Crippen molar-refractivity contribution in [2.45, 2.75) is 43.8 Å². The Labute approximate surface area is 191 Å². The molecule has 7 heteroatoms. The van der Waals surface area contributed by atoms with Gasteiger partial charge >= 0.3 is 0 Å². The van der Waals surface area contributed by atoms with Gasteiger partial charge in [0.15, 0.2) is 5.16 Å². The Morgan fingerprint density at radius 3 is 2.69 bits per heavy atom. The standard InChI is InChI=1S/C25H25FN4OS/c1-3-17(2)28-24(31)19-10-8-18(9-11-19)16-32-25-29-22-12-13-27-14-23(22)30(25)15-20-6-4-5-7-21(20)26/h4-14,17H,3,15-16H2,1-2H3,(H,28,31). The number of imidazole rings is 1. The number of fused-ring (bicyclic) bond motifs is 1. The lowest BCUT2D eigenvalue weighted by molar-refractivity contribution is 0.0939. The van der Waals surface area contributed by atoms with E-state index in [9.17, 15) is 9.18 Å². The molecule has 5 nitrogen and oxygen atoms in total. The number of carbonyl (C=O) groups excluding carboxylic acids is 1. The molecule has 4 aromatic rings. The first-order valence-corrected chi connectivity index (χ1v) is 11.6. The lowest BCUT2D eigenvalue weighted by Crippen LogP contribution is -2.31. The van der Waals surface area contributed by atoms with E-state index in [0.717, 1.165) is 28.2 Å². The minimum Gasteiger partial charge on any atom is -0.350 e. The van der Waals surface area contributed by atoms with Gasteiger partial charge in [-0.3, -0.25) is 9.78 Å². The van der Waals surface area contributed by atoms with Crippen molar-refractivity contribution in [1.29, 1.82) is 0 Å². The number of benzene rings is 2. The van der Waals surface area contributed by atoms with Gasteiger partial charge in [-0.25, -0.2) is 9.37 Å². The van der Waals surface area contributed by atoms with Gasteiger partial charge in [-0.2, -0.15) is 0 Å². The summed E-state index contributed by atoms with van der Waals surface area (Å²) in [5.74, 6) is 0.388. The molecule has 4 rings (SSSR count). The molecule has 2 aromatic carbocycles. The van der Waals surface area contributed by atoms with E-state index in [0.29, 0.717) is 23.4 Å². The van der Waals surface area contributed by atoms with Crippen LogP contribution in [0, 0.1) is 5.82 Å². The number of nitrogens with zero attached hydrogens (tertiary/aromatic N) is 3. The first kappa shape index (κ1) is 22.0. The SMILES string of the molecule is CCC(C)NC(=O)c1ccc(CSc2nc3ccncc3n2Cc2ccccc2F)cc1. The van der Waals surface area contributed by atoms with E-state index in [1.165, 1.54) is 6.07 Å². The second kappa shape index (κ2) is 9.96. The van der Waals surface area contributed by atoms with Crippen molar-refractivity contribution in [2.24, 2.45) is 0 Å². The molecule has 1 atom stereocenters. The molecular weight excluding hydrogens is 423 g/mol. The van der Waals surface area contributed by atoms with E-state index in [2.05, 4.69) is 10.3 Å². The zero-order chi connectivity index (χ0) is 22.5. The van der Waals surface area contributed by atoms with Crippen LogP contribution in [0.5, 0.6) is 0 Å². The van der Waals surface area contributed by atoms with Gasteiger partial charge in [0.1, 0.15) is 5.82 Å². The summed E-state index contributed by atoms with van der Waals surface area (Å²) in [5, 5.41) is 3.78. The van der Waals surface area contributed by atoms with Gasteiger partial charge in [-0.05, 0) is 43.2 Å². The maximum atomic E-state index is 14.3. The highest BCUT2D eigenvalue weighted by Gasteiger charge is 2.14. The molecule has 0 aliphatic carbocycles. The molecule has 2 heterocycles. The molecule has 0 bridgehead atoms. The normalized spacial score (nSPS) is 12.1. The summed E-state index contributed by atoms with van der Waals surface area (Å²) in [7, 11) is 0. The Bertz CT molecular complexity index is 1220. The van der Waals surface area contributed by atoms with Crippen molar-refractivity contribution in [1.82, 2.24) is 19.9 Å². The Morgan fingerprint density at radius 1 is 1.16 bits per heavy atom. The number of carbonyl (C=O) groups is 1. The van der Waals surface area contributed by atoms with Crippen molar-refractivity contribution >= 4 is 28.7 Å². The highest BCUT2D eigenvalue weighted by Crippen LogP contribution is 2.28. The topological polar surface area (TPSA) is 59.8 Å². The lowest BCUT2D eigenvalue weighted by atomic mass is 10.1. The number of hydrogen-bond donors (Lipinski definition) is 1. The van der Waals surface area contributed by atoms with E-state index in [-0.39, 0.29) is 17.8 Å². The number of pyridine rings is 1. The molecule has 32 heavy (non-hydrogen) atoms.